The van der Waals surface area contributed by atoms with Crippen LogP contribution in [0.15, 0.2) is 36.4 Å². The Morgan fingerprint density at radius 2 is 1.75 bits per heavy atom. The van der Waals surface area contributed by atoms with Gasteiger partial charge in [0.2, 0.25) is 11.8 Å². The maximum atomic E-state index is 13.4. The Morgan fingerprint density at radius 3 is 2.46 bits per heavy atom. The first kappa shape index (κ1) is 17.5. The summed E-state index contributed by atoms with van der Waals surface area (Å²) in [6.45, 7) is 2.16. The quantitative estimate of drug-likeness (QED) is 0.651. The highest BCUT2D eigenvalue weighted by Crippen LogP contribution is 2.19. The molecular weight excluding hydrogens is 321 g/mol. The van der Waals surface area contributed by atoms with E-state index in [0.29, 0.717) is 6.07 Å². The van der Waals surface area contributed by atoms with Gasteiger partial charge in [0.25, 0.3) is 0 Å². The average molecular weight is 336 g/mol. The monoisotopic (exact) mass is 336 g/mol. The molecule has 0 fully saturated rings. The van der Waals surface area contributed by atoms with Crippen molar-refractivity contribution in [3.8, 4) is 0 Å². The van der Waals surface area contributed by atoms with Crippen molar-refractivity contribution in [1.29, 1.82) is 0 Å². The van der Waals surface area contributed by atoms with Crippen LogP contribution in [0.4, 0.5) is 18.9 Å². The van der Waals surface area contributed by atoms with E-state index < -0.39 is 41.4 Å². The Hall–Kier alpha value is -2.83. The Kier molecular flexibility index (Phi) is 5.57. The van der Waals surface area contributed by atoms with Gasteiger partial charge in [-0.3, -0.25) is 9.59 Å². The molecule has 0 aromatic heterocycles. The minimum absolute atomic E-state index is 0.243. The smallest absolute Gasteiger partial charge is 0.233 e. The maximum absolute atomic E-state index is 13.4. The van der Waals surface area contributed by atoms with Gasteiger partial charge in [-0.2, -0.15) is 0 Å². The van der Waals surface area contributed by atoms with Gasteiger partial charge in [-0.05, 0) is 24.6 Å². The summed E-state index contributed by atoms with van der Waals surface area (Å²) in [6.07, 6.45) is -0.565. The van der Waals surface area contributed by atoms with Crippen LogP contribution in [-0.4, -0.2) is 11.8 Å². The highest BCUT2D eigenvalue weighted by Gasteiger charge is 2.16. The van der Waals surface area contributed by atoms with Gasteiger partial charge in [-0.25, -0.2) is 13.2 Å². The van der Waals surface area contributed by atoms with Gasteiger partial charge in [0.15, 0.2) is 17.5 Å². The number of carbonyl (C=O) groups is 2. The van der Waals surface area contributed by atoms with Gasteiger partial charge in [-0.1, -0.05) is 29.8 Å². The molecule has 0 aliphatic carbocycles. The number of benzene rings is 2. The van der Waals surface area contributed by atoms with E-state index in [1.165, 1.54) is 0 Å². The largest absolute Gasteiger partial charge is 0.352 e. The number of anilines is 1. The first-order valence-corrected chi connectivity index (χ1v) is 7.12. The second-order valence-electron chi connectivity index (χ2n) is 5.21. The number of halogens is 3. The van der Waals surface area contributed by atoms with E-state index in [4.69, 9.17) is 0 Å². The fourth-order valence-corrected chi connectivity index (χ4v) is 2.05. The lowest BCUT2D eigenvalue weighted by atomic mass is 10.1. The normalized spacial score (nSPS) is 10.3. The van der Waals surface area contributed by atoms with Crippen LogP contribution >= 0.6 is 0 Å². The lowest BCUT2D eigenvalue weighted by Gasteiger charge is -2.08. The number of carbonyl (C=O) groups excluding carboxylic acids is 2. The predicted octanol–water partition coefficient (Wildman–Crippen LogP) is 3.06. The van der Waals surface area contributed by atoms with Crippen LogP contribution in [0.1, 0.15) is 17.5 Å². The molecule has 0 saturated carbocycles. The molecule has 0 saturated heterocycles. The Labute approximate surface area is 136 Å². The van der Waals surface area contributed by atoms with Crippen LogP contribution in [0.5, 0.6) is 0 Å². The fourth-order valence-electron chi connectivity index (χ4n) is 2.05. The molecule has 0 unspecified atom stereocenters. The molecule has 2 rings (SSSR count). The Balaban J connectivity index is 1.88. The topological polar surface area (TPSA) is 58.2 Å². The molecule has 0 bridgehead atoms. The van der Waals surface area contributed by atoms with E-state index in [1.54, 1.807) is 0 Å². The summed E-state index contributed by atoms with van der Waals surface area (Å²) in [6, 6.07) is 9.04. The van der Waals surface area contributed by atoms with Crippen molar-refractivity contribution in [3.63, 3.8) is 0 Å². The van der Waals surface area contributed by atoms with Crippen molar-refractivity contribution in [1.82, 2.24) is 5.32 Å². The molecule has 126 valence electrons. The van der Waals surface area contributed by atoms with Crippen molar-refractivity contribution in [2.24, 2.45) is 0 Å². The van der Waals surface area contributed by atoms with Crippen LogP contribution in [-0.2, 0) is 16.1 Å². The molecule has 0 spiro atoms. The second-order valence-corrected chi connectivity index (χ2v) is 5.21. The van der Waals surface area contributed by atoms with Crippen LogP contribution < -0.4 is 10.6 Å². The van der Waals surface area contributed by atoms with Crippen molar-refractivity contribution < 1.29 is 22.8 Å². The van der Waals surface area contributed by atoms with E-state index in [0.717, 1.165) is 17.2 Å². The number of hydrogen-bond acceptors (Lipinski definition) is 2. The molecular formula is C17H15F3N2O2. The van der Waals surface area contributed by atoms with Crippen LogP contribution in [0, 0.1) is 24.4 Å². The van der Waals surface area contributed by atoms with Crippen LogP contribution in [0.3, 0.4) is 0 Å². The molecule has 0 radical (unpaired) electrons. The molecule has 7 heteroatoms. The van der Waals surface area contributed by atoms with Crippen molar-refractivity contribution in [3.05, 3.63) is 65.0 Å². The molecule has 2 N–H and O–H groups in total. The zero-order valence-electron chi connectivity index (χ0n) is 12.8. The van der Waals surface area contributed by atoms with Gasteiger partial charge in [0.1, 0.15) is 6.42 Å². The summed E-state index contributed by atoms with van der Waals surface area (Å²) in [7, 11) is 0. The van der Waals surface area contributed by atoms with Gasteiger partial charge in [0.05, 0.1) is 5.69 Å². The first-order valence-electron chi connectivity index (χ1n) is 7.12. The highest BCUT2D eigenvalue weighted by atomic mass is 19.2. The van der Waals surface area contributed by atoms with Crippen LogP contribution in [0.2, 0.25) is 0 Å². The summed E-state index contributed by atoms with van der Waals surface area (Å²) in [5.41, 5.74) is 1.38. The van der Waals surface area contributed by atoms with Crippen molar-refractivity contribution in [2.75, 3.05) is 5.32 Å². The van der Waals surface area contributed by atoms with Crippen LogP contribution in [0.25, 0.3) is 0 Å². The van der Waals surface area contributed by atoms with E-state index in [9.17, 15) is 22.8 Å². The van der Waals surface area contributed by atoms with Crippen molar-refractivity contribution in [2.45, 2.75) is 19.9 Å². The third-order valence-electron chi connectivity index (χ3n) is 3.20. The average Bonchev–Trinajstić information content (AvgIpc) is 2.53. The van der Waals surface area contributed by atoms with Gasteiger partial charge >= 0.3 is 0 Å². The zero-order chi connectivity index (χ0) is 17.7. The van der Waals surface area contributed by atoms with E-state index in [-0.39, 0.29) is 6.54 Å². The number of nitrogens with one attached hydrogen (secondary N) is 2. The molecule has 2 amide bonds. The lowest BCUT2D eigenvalue weighted by molar-refractivity contribution is -0.126. The minimum atomic E-state index is -1.68. The van der Waals surface area contributed by atoms with E-state index in [2.05, 4.69) is 5.32 Å². The Bertz CT molecular complexity index is 778. The summed E-state index contributed by atoms with van der Waals surface area (Å²) in [5, 5.41) is 4.59. The fraction of sp³-hybridized carbons (Fsp3) is 0.176. The van der Waals surface area contributed by atoms with Gasteiger partial charge < -0.3 is 10.6 Å². The second kappa shape index (κ2) is 7.63. The maximum Gasteiger partial charge on any atom is 0.233 e. The zero-order valence-corrected chi connectivity index (χ0v) is 12.8. The Morgan fingerprint density at radius 1 is 1.00 bits per heavy atom. The molecule has 0 atom stereocenters. The molecule has 4 nitrogen and oxygen atoms in total. The lowest BCUT2D eigenvalue weighted by Crippen LogP contribution is -2.28. The molecule has 2 aromatic rings. The number of rotatable bonds is 5. The summed E-state index contributed by atoms with van der Waals surface area (Å²) in [5.74, 6) is -5.96. The molecule has 0 aliphatic rings. The predicted molar refractivity (Wildman–Crippen MR) is 82.6 cm³/mol. The van der Waals surface area contributed by atoms with E-state index in [1.807, 2.05) is 36.5 Å². The minimum Gasteiger partial charge on any atom is -0.352 e. The molecule has 24 heavy (non-hydrogen) atoms. The third-order valence-corrected chi connectivity index (χ3v) is 3.20. The molecule has 0 aliphatic heterocycles. The molecule has 0 heterocycles. The highest BCUT2D eigenvalue weighted by molar-refractivity contribution is 6.03. The SMILES string of the molecule is Cc1cccc(CNC(=O)CC(=O)Nc2ccc(F)c(F)c2F)c1. The summed E-state index contributed by atoms with van der Waals surface area (Å²) in [4.78, 5) is 23.4. The molecule has 2 aromatic carbocycles. The first-order chi connectivity index (χ1) is 11.4. The standard InChI is InChI=1S/C17H15F3N2O2/c1-10-3-2-4-11(7-10)9-21-14(23)8-15(24)22-13-6-5-12(18)16(19)17(13)20/h2-7H,8-9H2,1H3,(H,21,23)(H,22,24). The van der Waals surface area contributed by atoms with Gasteiger partial charge in [0, 0.05) is 6.54 Å². The number of amides is 2. The van der Waals surface area contributed by atoms with E-state index >= 15 is 0 Å². The van der Waals surface area contributed by atoms with Gasteiger partial charge in [-0.15, -0.1) is 0 Å². The summed E-state index contributed by atoms with van der Waals surface area (Å²) < 4.78 is 39.3. The van der Waals surface area contributed by atoms with Crippen molar-refractivity contribution >= 4 is 17.5 Å². The number of hydrogen-bond donors (Lipinski definition) is 2. The number of aryl methyl sites for hydroxylation is 1. The summed E-state index contributed by atoms with van der Waals surface area (Å²) >= 11 is 0. The third kappa shape index (κ3) is 4.58.